The van der Waals surface area contributed by atoms with Crippen molar-refractivity contribution in [1.82, 2.24) is 10.2 Å². The van der Waals surface area contributed by atoms with E-state index >= 15 is 0 Å². The largest absolute Gasteiger partial charge is 0.467 e. The average Bonchev–Trinajstić information content (AvgIpc) is 2.84. The number of esters is 1. The molecular formula is C19H22N2O5. The van der Waals surface area contributed by atoms with Crippen molar-refractivity contribution in [3.63, 3.8) is 0 Å². The molecule has 0 fully saturated rings. The van der Waals surface area contributed by atoms with E-state index in [1.165, 1.54) is 31.4 Å². The fourth-order valence-corrected chi connectivity index (χ4v) is 2.80. The first kappa shape index (κ1) is 19.4. The van der Waals surface area contributed by atoms with Gasteiger partial charge in [-0.3, -0.25) is 19.3 Å². The SMILES string of the molecule is C=CCN1C(=O)c2ccc(C(=O)N[C@H](CC(C)C)C(=O)OC)cc2C1=O. The van der Waals surface area contributed by atoms with Crippen LogP contribution in [0.2, 0.25) is 0 Å². The maximum atomic E-state index is 12.5. The molecule has 0 unspecified atom stereocenters. The van der Waals surface area contributed by atoms with E-state index in [2.05, 4.69) is 11.9 Å². The second-order valence-electron chi connectivity index (χ2n) is 6.45. The summed E-state index contributed by atoms with van der Waals surface area (Å²) in [5, 5.41) is 2.63. The smallest absolute Gasteiger partial charge is 0.328 e. The molecule has 7 nitrogen and oxygen atoms in total. The molecule has 1 aliphatic heterocycles. The molecular weight excluding hydrogens is 336 g/mol. The Morgan fingerprint density at radius 2 is 1.88 bits per heavy atom. The van der Waals surface area contributed by atoms with E-state index in [4.69, 9.17) is 4.74 Å². The summed E-state index contributed by atoms with van der Waals surface area (Å²) in [5.41, 5.74) is 0.617. The van der Waals surface area contributed by atoms with Gasteiger partial charge in [-0.05, 0) is 30.5 Å². The van der Waals surface area contributed by atoms with Gasteiger partial charge in [0.05, 0.1) is 18.2 Å². The van der Waals surface area contributed by atoms with Crippen LogP contribution in [0.1, 0.15) is 51.3 Å². The van der Waals surface area contributed by atoms with Crippen molar-refractivity contribution in [2.24, 2.45) is 5.92 Å². The van der Waals surface area contributed by atoms with Gasteiger partial charge >= 0.3 is 5.97 Å². The number of amides is 3. The number of ether oxygens (including phenoxy) is 1. The number of imide groups is 1. The summed E-state index contributed by atoms with van der Waals surface area (Å²) in [7, 11) is 1.26. The molecule has 1 aliphatic rings. The number of hydrogen-bond acceptors (Lipinski definition) is 5. The van der Waals surface area contributed by atoms with Crippen molar-refractivity contribution < 1.29 is 23.9 Å². The molecule has 0 saturated carbocycles. The molecule has 0 radical (unpaired) electrons. The summed E-state index contributed by atoms with van der Waals surface area (Å²) in [4.78, 5) is 50.0. The molecule has 0 aromatic heterocycles. The number of nitrogens with one attached hydrogen (secondary N) is 1. The number of carbonyl (C=O) groups is 4. The number of hydrogen-bond donors (Lipinski definition) is 1. The highest BCUT2D eigenvalue weighted by Crippen LogP contribution is 2.24. The second kappa shape index (κ2) is 7.95. The second-order valence-corrected chi connectivity index (χ2v) is 6.45. The van der Waals surface area contributed by atoms with E-state index in [0.29, 0.717) is 6.42 Å². The first-order valence-corrected chi connectivity index (χ1v) is 8.30. The summed E-state index contributed by atoms with van der Waals surface area (Å²) < 4.78 is 4.73. The maximum absolute atomic E-state index is 12.5. The van der Waals surface area contributed by atoms with Crippen LogP contribution in [0.15, 0.2) is 30.9 Å². The average molecular weight is 358 g/mol. The number of fused-ring (bicyclic) bond motifs is 1. The van der Waals surface area contributed by atoms with Gasteiger partial charge in [-0.1, -0.05) is 19.9 Å². The Morgan fingerprint density at radius 3 is 2.46 bits per heavy atom. The molecule has 7 heteroatoms. The van der Waals surface area contributed by atoms with Gasteiger partial charge in [0, 0.05) is 12.1 Å². The maximum Gasteiger partial charge on any atom is 0.328 e. The molecule has 3 amide bonds. The highest BCUT2D eigenvalue weighted by Gasteiger charge is 2.35. The van der Waals surface area contributed by atoms with Crippen LogP contribution >= 0.6 is 0 Å². The van der Waals surface area contributed by atoms with Crippen molar-refractivity contribution >= 4 is 23.7 Å². The van der Waals surface area contributed by atoms with Crippen molar-refractivity contribution in [3.8, 4) is 0 Å². The van der Waals surface area contributed by atoms with Gasteiger partial charge in [0.25, 0.3) is 17.7 Å². The Labute approximate surface area is 152 Å². The Hall–Kier alpha value is -2.96. The topological polar surface area (TPSA) is 92.8 Å². The molecule has 1 atom stereocenters. The molecule has 0 saturated heterocycles. The van der Waals surface area contributed by atoms with Gasteiger partial charge in [-0.2, -0.15) is 0 Å². The minimum Gasteiger partial charge on any atom is -0.467 e. The van der Waals surface area contributed by atoms with Gasteiger partial charge in [-0.15, -0.1) is 6.58 Å². The third-order valence-electron chi connectivity index (χ3n) is 4.04. The van der Waals surface area contributed by atoms with Gasteiger partial charge < -0.3 is 10.1 Å². The number of methoxy groups -OCH3 is 1. The standard InChI is InChI=1S/C19H22N2O5/c1-5-8-21-17(23)13-7-6-12(10-14(13)18(21)24)16(22)20-15(9-11(2)3)19(25)26-4/h5-7,10-11,15H,1,8-9H2,2-4H3,(H,20,22)/t15-/m1/s1. The first-order valence-electron chi connectivity index (χ1n) is 8.30. The highest BCUT2D eigenvalue weighted by atomic mass is 16.5. The molecule has 138 valence electrons. The summed E-state index contributed by atoms with van der Waals surface area (Å²) in [6, 6.07) is 3.50. The summed E-state index contributed by atoms with van der Waals surface area (Å²) in [5.74, 6) is -1.75. The predicted octanol–water partition coefficient (Wildman–Crippen LogP) is 1.79. The van der Waals surface area contributed by atoms with Crippen LogP contribution in [-0.2, 0) is 9.53 Å². The third kappa shape index (κ3) is 3.82. The number of benzene rings is 1. The number of rotatable bonds is 7. The third-order valence-corrected chi connectivity index (χ3v) is 4.04. The molecule has 0 spiro atoms. The lowest BCUT2D eigenvalue weighted by Crippen LogP contribution is -2.42. The molecule has 0 bridgehead atoms. The lowest BCUT2D eigenvalue weighted by molar-refractivity contribution is -0.143. The van der Waals surface area contributed by atoms with E-state index in [1.54, 1.807) is 0 Å². The van der Waals surface area contributed by atoms with Crippen LogP contribution < -0.4 is 5.32 Å². The van der Waals surface area contributed by atoms with Crippen LogP contribution in [0, 0.1) is 5.92 Å². The van der Waals surface area contributed by atoms with Gasteiger partial charge in [0.1, 0.15) is 6.04 Å². The van der Waals surface area contributed by atoms with Crippen LogP contribution in [0.3, 0.4) is 0 Å². The molecule has 0 aliphatic carbocycles. The quantitative estimate of drug-likeness (QED) is 0.456. The minimum absolute atomic E-state index is 0.104. The van der Waals surface area contributed by atoms with Gasteiger partial charge in [0.15, 0.2) is 0 Å². The zero-order valence-electron chi connectivity index (χ0n) is 15.1. The van der Waals surface area contributed by atoms with E-state index in [1.807, 2.05) is 13.8 Å². The van der Waals surface area contributed by atoms with Crippen LogP contribution in [0.4, 0.5) is 0 Å². The summed E-state index contributed by atoms with van der Waals surface area (Å²) >= 11 is 0. The zero-order valence-corrected chi connectivity index (χ0v) is 15.1. The lowest BCUT2D eigenvalue weighted by atomic mass is 10.0. The highest BCUT2D eigenvalue weighted by molar-refractivity contribution is 6.22. The fraction of sp³-hybridized carbons (Fsp3) is 0.368. The Balaban J connectivity index is 2.24. The molecule has 2 rings (SSSR count). The number of carbonyl (C=O) groups excluding carboxylic acids is 4. The van der Waals surface area contributed by atoms with E-state index < -0.39 is 29.7 Å². The first-order chi connectivity index (χ1) is 12.3. The van der Waals surface area contributed by atoms with Crippen molar-refractivity contribution in [1.29, 1.82) is 0 Å². The molecule has 1 heterocycles. The van der Waals surface area contributed by atoms with E-state index in [0.717, 1.165) is 4.90 Å². The molecule has 1 N–H and O–H groups in total. The fourth-order valence-electron chi connectivity index (χ4n) is 2.80. The van der Waals surface area contributed by atoms with E-state index in [-0.39, 0.29) is 29.2 Å². The zero-order chi connectivity index (χ0) is 19.4. The minimum atomic E-state index is -0.782. The van der Waals surface area contributed by atoms with Crippen molar-refractivity contribution in [3.05, 3.63) is 47.5 Å². The van der Waals surface area contributed by atoms with Crippen LogP contribution in [0.5, 0.6) is 0 Å². The van der Waals surface area contributed by atoms with Gasteiger partial charge in [-0.25, -0.2) is 4.79 Å². The van der Waals surface area contributed by atoms with Crippen molar-refractivity contribution in [2.45, 2.75) is 26.3 Å². The molecule has 26 heavy (non-hydrogen) atoms. The monoisotopic (exact) mass is 358 g/mol. The van der Waals surface area contributed by atoms with E-state index in [9.17, 15) is 19.2 Å². The van der Waals surface area contributed by atoms with Crippen molar-refractivity contribution in [2.75, 3.05) is 13.7 Å². The Kier molecular flexibility index (Phi) is 5.92. The Bertz CT molecular complexity index is 769. The van der Waals surface area contributed by atoms with Gasteiger partial charge in [0.2, 0.25) is 0 Å². The predicted molar refractivity (Wildman–Crippen MR) is 94.7 cm³/mol. The van der Waals surface area contributed by atoms with Crippen LogP contribution in [0.25, 0.3) is 0 Å². The van der Waals surface area contributed by atoms with Crippen LogP contribution in [-0.4, -0.2) is 48.3 Å². The normalized spacial score (nSPS) is 14.2. The Morgan fingerprint density at radius 1 is 1.23 bits per heavy atom. The lowest BCUT2D eigenvalue weighted by Gasteiger charge is -2.18. The summed E-state index contributed by atoms with van der Waals surface area (Å²) in [6.45, 7) is 7.49. The number of nitrogens with zero attached hydrogens (tertiary/aromatic N) is 1. The molecule has 1 aromatic carbocycles. The molecule has 1 aromatic rings. The summed E-state index contributed by atoms with van der Waals surface area (Å²) in [6.07, 6.45) is 1.88.